The Morgan fingerprint density at radius 3 is 1.82 bits per heavy atom. The summed E-state index contributed by atoms with van der Waals surface area (Å²) < 4.78 is 0. The lowest BCUT2D eigenvalue weighted by Gasteiger charge is -1.93. The van der Waals surface area contributed by atoms with Crippen LogP contribution in [0.15, 0.2) is 66.6 Å². The first-order valence-corrected chi connectivity index (χ1v) is 5.07. The lowest BCUT2D eigenvalue weighted by Crippen LogP contribution is -2.09. The van der Waals surface area contributed by atoms with Crippen LogP contribution in [-0.2, 0) is 0 Å². The largest absolute Gasteiger partial charge is 0.412 e. The van der Waals surface area contributed by atoms with Crippen LogP contribution in [0.5, 0.6) is 0 Å². The van der Waals surface area contributed by atoms with Gasteiger partial charge < -0.3 is 11.0 Å². The van der Waals surface area contributed by atoms with Gasteiger partial charge in [0, 0.05) is 0 Å². The van der Waals surface area contributed by atoms with Crippen LogP contribution in [-0.4, -0.2) is 18.2 Å². The van der Waals surface area contributed by atoms with Crippen molar-refractivity contribution in [2.75, 3.05) is 0 Å². The number of hydrogen-bond donors (Lipinski definition) is 0. The van der Waals surface area contributed by atoms with Gasteiger partial charge >= 0.3 is 0 Å². The predicted octanol–water partition coefficient (Wildman–Crippen LogP) is 1.04. The summed E-state index contributed by atoms with van der Waals surface area (Å²) in [6.45, 7) is 0. The molecule has 2 aromatic carbocycles. The third-order valence-electron chi connectivity index (χ3n) is 2.18. The van der Waals surface area contributed by atoms with Crippen LogP contribution in [0.2, 0.25) is 0 Å². The normalized spacial score (nSPS) is 9.18. The van der Waals surface area contributed by atoms with Crippen molar-refractivity contribution in [2.24, 2.45) is 0 Å². The molecule has 0 aliphatic rings. The molecule has 0 saturated heterocycles. The first-order chi connectivity index (χ1) is 7.45. The molecule has 3 heteroatoms. The summed E-state index contributed by atoms with van der Waals surface area (Å²) in [5.74, 6) is 2.07. The number of rotatable bonds is 3. The van der Waals surface area contributed by atoms with Crippen molar-refractivity contribution >= 4 is 18.8 Å². The monoisotopic (exact) mass is 227 g/mol. The molecule has 0 aromatic heterocycles. The molecule has 0 spiro atoms. The lowest BCUT2D eigenvalue weighted by molar-refractivity contribution is 0.823. The van der Waals surface area contributed by atoms with E-state index < -0.39 is 0 Å². The van der Waals surface area contributed by atoms with E-state index in [-0.39, 0.29) is 11.0 Å². The van der Waals surface area contributed by atoms with Crippen LogP contribution in [0.4, 0.5) is 0 Å². The molecule has 87 valence electrons. The summed E-state index contributed by atoms with van der Waals surface area (Å²) in [7, 11) is 2.10. The topological polar surface area (TPSA) is 63.0 Å². The quantitative estimate of drug-likeness (QED) is 0.703. The van der Waals surface area contributed by atoms with Crippen molar-refractivity contribution in [1.82, 2.24) is 0 Å². The lowest BCUT2D eigenvalue weighted by atomic mass is 9.70. The minimum atomic E-state index is 0. The van der Waals surface area contributed by atoms with Gasteiger partial charge in [-0.2, -0.15) is 0 Å². The molecular weight excluding hydrogens is 211 g/mol. The van der Waals surface area contributed by atoms with E-state index in [0.717, 1.165) is 0 Å². The summed E-state index contributed by atoms with van der Waals surface area (Å²) >= 11 is 0. The zero-order valence-corrected chi connectivity index (χ0v) is 9.51. The number of benzene rings is 2. The van der Waals surface area contributed by atoms with Crippen molar-refractivity contribution in [3.05, 3.63) is 72.2 Å². The number of hydrogen-bond acceptors (Lipinski definition) is 0. The van der Waals surface area contributed by atoms with Gasteiger partial charge in [0.2, 0.25) is 0 Å². The maximum absolute atomic E-state index is 2.10. The van der Waals surface area contributed by atoms with E-state index >= 15 is 0 Å². The Kier molecular flexibility index (Phi) is 7.43. The fraction of sp³-hybridized carbons (Fsp3) is 0. The average molecular weight is 227 g/mol. The Hall–Kier alpha value is -1.84. The van der Waals surface area contributed by atoms with Crippen molar-refractivity contribution in [1.29, 1.82) is 0 Å². The van der Waals surface area contributed by atoms with Gasteiger partial charge in [0.05, 0.1) is 0 Å². The molecule has 0 amide bonds. The van der Waals surface area contributed by atoms with E-state index in [1.54, 1.807) is 0 Å². The molecule has 2 nitrogen and oxygen atoms in total. The Labute approximate surface area is 102 Å². The van der Waals surface area contributed by atoms with Gasteiger partial charge in [-0.05, 0) is 5.56 Å². The smallest absolute Gasteiger partial charge is 0.181 e. The minimum Gasteiger partial charge on any atom is -0.412 e. The highest BCUT2D eigenvalue weighted by atomic mass is 16.0. The highest BCUT2D eigenvalue weighted by molar-refractivity contribution is 6.59. The fourth-order valence-electron chi connectivity index (χ4n) is 1.40. The van der Waals surface area contributed by atoms with Crippen LogP contribution in [0.1, 0.15) is 5.56 Å². The Balaban J connectivity index is 0.00000128. The van der Waals surface area contributed by atoms with Crippen LogP contribution in [0.3, 0.4) is 0 Å². The highest BCUT2D eigenvalue weighted by Gasteiger charge is 1.88. The maximum Gasteiger partial charge on any atom is 0.181 e. The Morgan fingerprint density at radius 1 is 0.706 bits per heavy atom. The van der Waals surface area contributed by atoms with Gasteiger partial charge in [-0.25, -0.2) is 0 Å². The highest BCUT2D eigenvalue weighted by Crippen LogP contribution is 1.99. The summed E-state index contributed by atoms with van der Waals surface area (Å²) in [5.41, 5.74) is 2.45. The van der Waals surface area contributed by atoms with Crippen molar-refractivity contribution in [2.45, 2.75) is 0 Å². The second kappa shape index (κ2) is 8.33. The van der Waals surface area contributed by atoms with E-state index in [1.807, 2.05) is 36.4 Å². The van der Waals surface area contributed by atoms with E-state index in [2.05, 4.69) is 43.6 Å². The third kappa shape index (κ3) is 5.16. The van der Waals surface area contributed by atoms with Crippen molar-refractivity contribution in [3.8, 4) is 0 Å². The fourth-order valence-corrected chi connectivity index (χ4v) is 1.40. The summed E-state index contributed by atoms with van der Waals surface area (Å²) in [4.78, 5) is 0. The minimum absolute atomic E-state index is 0. The van der Waals surface area contributed by atoms with Gasteiger partial charge in [0.25, 0.3) is 0 Å². The Bertz CT molecular complexity index is 426. The van der Waals surface area contributed by atoms with E-state index in [4.69, 9.17) is 0 Å². The molecule has 2 aromatic rings. The van der Waals surface area contributed by atoms with E-state index in [0.29, 0.717) is 0 Å². The molecular formula is C14H16BO2. The summed E-state index contributed by atoms with van der Waals surface area (Å²) in [5, 5.41) is 0. The summed E-state index contributed by atoms with van der Waals surface area (Å²) in [6.07, 6.45) is 2.10. The average Bonchev–Trinajstić information content (AvgIpc) is 2.32. The molecule has 17 heavy (non-hydrogen) atoms. The molecule has 0 saturated carbocycles. The van der Waals surface area contributed by atoms with Gasteiger partial charge in [-0.3, -0.25) is 0 Å². The standard InChI is InChI=1S/C14H12B.2H2O/c1-3-7-13(8-4-1)11-12-15-14-9-5-2-6-10-14;;/h1-12H;2*1H2/b12-11+;;. The molecule has 0 atom stereocenters. The van der Waals surface area contributed by atoms with Crippen molar-refractivity contribution < 1.29 is 11.0 Å². The molecule has 2 rings (SSSR count). The van der Waals surface area contributed by atoms with Crippen LogP contribution >= 0.6 is 0 Å². The summed E-state index contributed by atoms with van der Waals surface area (Å²) in [6, 6.07) is 20.6. The van der Waals surface area contributed by atoms with Crippen LogP contribution < -0.4 is 5.46 Å². The molecule has 0 aliphatic carbocycles. The van der Waals surface area contributed by atoms with Gasteiger partial charge in [-0.1, -0.05) is 72.2 Å². The molecule has 0 fully saturated rings. The Morgan fingerprint density at radius 2 is 1.24 bits per heavy atom. The van der Waals surface area contributed by atoms with Crippen molar-refractivity contribution in [3.63, 3.8) is 0 Å². The molecule has 0 aliphatic heterocycles. The van der Waals surface area contributed by atoms with Crippen LogP contribution in [0.25, 0.3) is 6.08 Å². The zero-order valence-electron chi connectivity index (χ0n) is 9.51. The first kappa shape index (κ1) is 15.2. The third-order valence-corrected chi connectivity index (χ3v) is 2.18. The van der Waals surface area contributed by atoms with E-state index in [9.17, 15) is 0 Å². The van der Waals surface area contributed by atoms with Gasteiger partial charge in [0.1, 0.15) is 0 Å². The molecule has 1 radical (unpaired) electrons. The predicted molar refractivity (Wildman–Crippen MR) is 74.5 cm³/mol. The first-order valence-electron chi connectivity index (χ1n) is 5.07. The van der Waals surface area contributed by atoms with Gasteiger partial charge in [0.15, 0.2) is 7.28 Å². The second-order valence-electron chi connectivity index (χ2n) is 3.35. The van der Waals surface area contributed by atoms with Crippen LogP contribution in [0, 0.1) is 0 Å². The van der Waals surface area contributed by atoms with Gasteiger partial charge in [-0.15, -0.1) is 5.98 Å². The second-order valence-corrected chi connectivity index (χ2v) is 3.35. The van der Waals surface area contributed by atoms with E-state index in [1.165, 1.54) is 11.0 Å². The zero-order chi connectivity index (χ0) is 10.3. The molecule has 4 N–H and O–H groups in total. The molecule has 0 heterocycles. The SMILES string of the molecule is O.O.[B](/C=C/c1ccccc1)c1ccccc1. The molecule has 0 bridgehead atoms. The maximum atomic E-state index is 2.10. The molecule has 0 unspecified atom stereocenters.